The van der Waals surface area contributed by atoms with E-state index in [0.29, 0.717) is 12.4 Å². The molecule has 0 aromatic carbocycles. The number of anilines is 2. The molecule has 6 N–H and O–H groups in total. The van der Waals surface area contributed by atoms with Crippen molar-refractivity contribution in [3.8, 4) is 0 Å². The second-order valence-electron chi connectivity index (χ2n) is 3.75. The third-order valence-corrected chi connectivity index (χ3v) is 2.39. The maximum atomic E-state index is 5.79. The number of nitrogens with zero attached hydrogens (tertiary/aromatic N) is 4. The zero-order chi connectivity index (χ0) is 10.8. The maximum absolute atomic E-state index is 5.79. The van der Waals surface area contributed by atoms with E-state index in [1.165, 1.54) is 0 Å². The minimum atomic E-state index is 0.168. The van der Waals surface area contributed by atoms with Gasteiger partial charge in [-0.3, -0.25) is 4.90 Å². The summed E-state index contributed by atoms with van der Waals surface area (Å²) in [7, 11) is 0. The van der Waals surface area contributed by atoms with Gasteiger partial charge in [0.25, 0.3) is 0 Å². The van der Waals surface area contributed by atoms with E-state index in [9.17, 15) is 0 Å². The monoisotopic (exact) mass is 209 g/mol. The summed E-state index contributed by atoms with van der Waals surface area (Å²) < 4.78 is 0. The zero-order valence-electron chi connectivity index (χ0n) is 8.43. The molecule has 15 heavy (non-hydrogen) atoms. The molecule has 2 rings (SSSR count). The van der Waals surface area contributed by atoms with Gasteiger partial charge < -0.3 is 17.2 Å². The Bertz CT molecular complexity index is 333. The Morgan fingerprint density at radius 2 is 1.87 bits per heavy atom. The lowest BCUT2D eigenvalue weighted by Gasteiger charge is -2.13. The van der Waals surface area contributed by atoms with E-state index < -0.39 is 0 Å². The van der Waals surface area contributed by atoms with Crippen molar-refractivity contribution in [1.82, 2.24) is 19.9 Å². The van der Waals surface area contributed by atoms with Crippen molar-refractivity contribution >= 4 is 11.9 Å². The highest BCUT2D eigenvalue weighted by Crippen LogP contribution is 2.10. The molecule has 2 heterocycles. The fourth-order valence-electron chi connectivity index (χ4n) is 1.73. The molecule has 82 valence electrons. The van der Waals surface area contributed by atoms with Crippen LogP contribution in [0.25, 0.3) is 0 Å². The quantitative estimate of drug-likeness (QED) is 0.546. The van der Waals surface area contributed by atoms with Crippen molar-refractivity contribution in [2.45, 2.75) is 19.0 Å². The van der Waals surface area contributed by atoms with Gasteiger partial charge in [0.05, 0.1) is 6.54 Å². The Kier molecular flexibility index (Phi) is 2.65. The zero-order valence-corrected chi connectivity index (χ0v) is 8.43. The average Bonchev–Trinajstić information content (AvgIpc) is 2.49. The Morgan fingerprint density at radius 3 is 2.40 bits per heavy atom. The van der Waals surface area contributed by atoms with E-state index in [1.807, 2.05) is 0 Å². The second-order valence-corrected chi connectivity index (χ2v) is 3.75. The third kappa shape index (κ3) is 2.51. The smallest absolute Gasteiger partial charge is 0.225 e. The van der Waals surface area contributed by atoms with Crippen LogP contribution >= 0.6 is 0 Å². The van der Waals surface area contributed by atoms with Crippen molar-refractivity contribution in [1.29, 1.82) is 0 Å². The highest BCUT2D eigenvalue weighted by molar-refractivity contribution is 5.25. The lowest BCUT2D eigenvalue weighted by Crippen LogP contribution is -2.27. The van der Waals surface area contributed by atoms with E-state index >= 15 is 0 Å². The molecule has 1 atom stereocenters. The number of likely N-dealkylation sites (tertiary alicyclic amines) is 1. The summed E-state index contributed by atoms with van der Waals surface area (Å²) in [5, 5.41) is 0. The molecule has 1 aliphatic rings. The first-order valence-corrected chi connectivity index (χ1v) is 4.87. The predicted molar refractivity (Wildman–Crippen MR) is 56.5 cm³/mol. The normalized spacial score (nSPS) is 22.1. The molecule has 0 aliphatic carbocycles. The number of hydrogen-bond acceptors (Lipinski definition) is 7. The van der Waals surface area contributed by atoms with Crippen LogP contribution in [0.5, 0.6) is 0 Å². The Balaban J connectivity index is 2.04. The molecule has 0 unspecified atom stereocenters. The molecule has 1 fully saturated rings. The van der Waals surface area contributed by atoms with E-state index in [1.54, 1.807) is 0 Å². The van der Waals surface area contributed by atoms with Crippen LogP contribution in [0, 0.1) is 0 Å². The molecule has 0 radical (unpaired) electrons. The average molecular weight is 209 g/mol. The van der Waals surface area contributed by atoms with E-state index in [4.69, 9.17) is 17.2 Å². The molecule has 0 spiro atoms. The first-order chi connectivity index (χ1) is 7.13. The molecule has 1 saturated heterocycles. The number of nitrogen functional groups attached to an aromatic ring is 2. The number of hydrogen-bond donors (Lipinski definition) is 3. The van der Waals surface area contributed by atoms with Crippen LogP contribution in [0.2, 0.25) is 0 Å². The lowest BCUT2D eigenvalue weighted by atomic mass is 10.3. The van der Waals surface area contributed by atoms with Crippen molar-refractivity contribution in [3.05, 3.63) is 5.82 Å². The molecule has 0 amide bonds. The molecule has 1 aliphatic heterocycles. The van der Waals surface area contributed by atoms with Gasteiger partial charge in [-0.1, -0.05) is 0 Å². The molecular formula is C8H15N7. The number of rotatable bonds is 2. The van der Waals surface area contributed by atoms with Gasteiger partial charge in [-0.05, 0) is 6.42 Å². The van der Waals surface area contributed by atoms with Crippen LogP contribution in [-0.4, -0.2) is 39.0 Å². The lowest BCUT2D eigenvalue weighted by molar-refractivity contribution is 0.318. The fourth-order valence-corrected chi connectivity index (χ4v) is 1.73. The molecule has 1 aromatic rings. The standard InChI is InChI=1S/C8H15N7/c9-5-1-2-15(3-5)4-6-12-7(10)14-8(11)13-6/h5H,1-4,9H2,(H4,10,11,12,13,14)/t5-/m0/s1. The molecule has 7 heteroatoms. The van der Waals surface area contributed by atoms with Crippen LogP contribution in [0.4, 0.5) is 11.9 Å². The molecule has 1 aromatic heterocycles. The van der Waals surface area contributed by atoms with Crippen LogP contribution in [0.3, 0.4) is 0 Å². The van der Waals surface area contributed by atoms with Gasteiger partial charge in [0.1, 0.15) is 5.82 Å². The van der Waals surface area contributed by atoms with Crippen molar-refractivity contribution in [3.63, 3.8) is 0 Å². The summed E-state index contributed by atoms with van der Waals surface area (Å²) in [6.45, 7) is 2.46. The second kappa shape index (κ2) is 3.95. The van der Waals surface area contributed by atoms with Crippen molar-refractivity contribution < 1.29 is 0 Å². The van der Waals surface area contributed by atoms with Gasteiger partial charge >= 0.3 is 0 Å². The highest BCUT2D eigenvalue weighted by Gasteiger charge is 2.20. The molecule has 0 bridgehead atoms. The van der Waals surface area contributed by atoms with Crippen molar-refractivity contribution in [2.75, 3.05) is 24.6 Å². The topological polar surface area (TPSA) is 120 Å². The summed E-state index contributed by atoms with van der Waals surface area (Å²) in [6, 6.07) is 0.251. The molecular weight excluding hydrogens is 194 g/mol. The number of aromatic nitrogens is 3. The van der Waals surface area contributed by atoms with E-state index in [2.05, 4.69) is 19.9 Å². The third-order valence-electron chi connectivity index (χ3n) is 2.39. The van der Waals surface area contributed by atoms with Gasteiger partial charge in [0.2, 0.25) is 11.9 Å². The summed E-state index contributed by atoms with van der Waals surface area (Å²) >= 11 is 0. The van der Waals surface area contributed by atoms with E-state index in [0.717, 1.165) is 19.5 Å². The Labute approximate surface area is 87.7 Å². The molecule has 0 saturated carbocycles. The summed E-state index contributed by atoms with van der Waals surface area (Å²) in [5.74, 6) is 0.941. The Hall–Kier alpha value is -1.47. The number of nitrogens with two attached hydrogens (primary N) is 3. The SMILES string of the molecule is Nc1nc(N)nc(CN2CC[C@H](N)C2)n1. The minimum absolute atomic E-state index is 0.168. The van der Waals surface area contributed by atoms with Gasteiger partial charge in [0, 0.05) is 19.1 Å². The Morgan fingerprint density at radius 1 is 1.20 bits per heavy atom. The van der Waals surface area contributed by atoms with Gasteiger partial charge in [0.15, 0.2) is 0 Å². The molecule has 7 nitrogen and oxygen atoms in total. The van der Waals surface area contributed by atoms with Gasteiger partial charge in [-0.15, -0.1) is 0 Å². The van der Waals surface area contributed by atoms with Crippen LogP contribution in [0.1, 0.15) is 12.2 Å². The van der Waals surface area contributed by atoms with Gasteiger partial charge in [-0.2, -0.15) is 15.0 Å². The van der Waals surface area contributed by atoms with Crippen LogP contribution < -0.4 is 17.2 Å². The predicted octanol–water partition coefficient (Wildman–Crippen LogP) is -1.43. The summed E-state index contributed by atoms with van der Waals surface area (Å²) in [6.07, 6.45) is 1.01. The van der Waals surface area contributed by atoms with Crippen LogP contribution in [0.15, 0.2) is 0 Å². The maximum Gasteiger partial charge on any atom is 0.225 e. The van der Waals surface area contributed by atoms with Gasteiger partial charge in [-0.25, -0.2) is 0 Å². The first-order valence-electron chi connectivity index (χ1n) is 4.87. The van der Waals surface area contributed by atoms with Crippen molar-refractivity contribution in [2.24, 2.45) is 5.73 Å². The van der Waals surface area contributed by atoms with Crippen LogP contribution in [-0.2, 0) is 6.54 Å². The summed E-state index contributed by atoms with van der Waals surface area (Å²) in [4.78, 5) is 13.9. The largest absolute Gasteiger partial charge is 0.368 e. The first kappa shape index (κ1) is 10.1. The highest BCUT2D eigenvalue weighted by atomic mass is 15.2. The van der Waals surface area contributed by atoms with E-state index in [-0.39, 0.29) is 17.9 Å². The summed E-state index contributed by atoms with van der Waals surface area (Å²) in [5.41, 5.74) is 16.7. The minimum Gasteiger partial charge on any atom is -0.368 e. The fraction of sp³-hybridized carbons (Fsp3) is 0.625.